The topological polar surface area (TPSA) is 17.1 Å². The van der Waals surface area contributed by atoms with Crippen LogP contribution in [0.3, 0.4) is 0 Å². The molecule has 1 nitrogen and oxygen atoms in total. The van der Waals surface area contributed by atoms with Gasteiger partial charge in [0.25, 0.3) is 6.43 Å². The van der Waals surface area contributed by atoms with Crippen LogP contribution in [0.5, 0.6) is 0 Å². The van der Waals surface area contributed by atoms with Crippen LogP contribution in [-0.4, -0.2) is 5.78 Å². The van der Waals surface area contributed by atoms with Crippen molar-refractivity contribution in [2.24, 2.45) is 0 Å². The van der Waals surface area contributed by atoms with Crippen LogP contribution in [0.25, 0.3) is 0 Å². The number of ketones is 1. The van der Waals surface area contributed by atoms with Crippen LogP contribution < -0.4 is 0 Å². The van der Waals surface area contributed by atoms with Crippen molar-refractivity contribution in [3.05, 3.63) is 34.3 Å². The second kappa shape index (κ2) is 5.03. The maximum absolute atomic E-state index is 12.4. The van der Waals surface area contributed by atoms with E-state index in [1.807, 2.05) is 0 Å². The largest absolute Gasteiger partial charge is 0.298 e. The zero-order chi connectivity index (χ0) is 11.6. The molecule has 0 spiro atoms. The van der Waals surface area contributed by atoms with Gasteiger partial charge in [-0.15, -0.1) is 0 Å². The molecule has 0 saturated carbocycles. The molecule has 5 heteroatoms. The van der Waals surface area contributed by atoms with Crippen LogP contribution in [0.4, 0.5) is 8.78 Å². The van der Waals surface area contributed by atoms with Crippen molar-refractivity contribution in [1.29, 1.82) is 0 Å². The highest BCUT2D eigenvalue weighted by Gasteiger charge is 2.18. The van der Waals surface area contributed by atoms with Gasteiger partial charge in [-0.3, -0.25) is 4.79 Å². The van der Waals surface area contributed by atoms with Gasteiger partial charge in [0.2, 0.25) is 0 Å². The highest BCUT2D eigenvalue weighted by Crippen LogP contribution is 2.33. The van der Waals surface area contributed by atoms with Gasteiger partial charge in [0.1, 0.15) is 5.78 Å². The van der Waals surface area contributed by atoms with Crippen molar-refractivity contribution >= 4 is 33.3 Å². The second-order valence-electron chi connectivity index (χ2n) is 3.05. The molecule has 0 radical (unpaired) electrons. The van der Waals surface area contributed by atoms with E-state index in [9.17, 15) is 13.6 Å². The maximum Gasteiger partial charge on any atom is 0.263 e. The van der Waals surface area contributed by atoms with E-state index in [4.69, 9.17) is 11.6 Å². The predicted molar refractivity (Wildman–Crippen MR) is 58.8 cm³/mol. The smallest absolute Gasteiger partial charge is 0.263 e. The van der Waals surface area contributed by atoms with Gasteiger partial charge >= 0.3 is 0 Å². The summed E-state index contributed by atoms with van der Waals surface area (Å²) in [5.74, 6) is -0.177. The Balaban J connectivity index is 3.16. The van der Waals surface area contributed by atoms with Crippen molar-refractivity contribution in [2.45, 2.75) is 18.2 Å². The lowest BCUT2D eigenvalue weighted by Crippen LogP contribution is -2.02. The van der Waals surface area contributed by atoms with Gasteiger partial charge < -0.3 is 0 Å². The summed E-state index contributed by atoms with van der Waals surface area (Å²) >= 11 is 8.92. The van der Waals surface area contributed by atoms with Crippen molar-refractivity contribution in [3.8, 4) is 0 Å². The van der Waals surface area contributed by atoms with Crippen LogP contribution >= 0.6 is 27.5 Å². The number of benzene rings is 1. The van der Waals surface area contributed by atoms with Gasteiger partial charge in [-0.25, -0.2) is 8.78 Å². The lowest BCUT2D eigenvalue weighted by molar-refractivity contribution is -0.116. The molecule has 1 unspecified atom stereocenters. The summed E-state index contributed by atoms with van der Waals surface area (Å²) in [5.41, 5.74) is 0.238. The third-order valence-electron chi connectivity index (χ3n) is 1.90. The Hall–Kier alpha value is -0.480. The van der Waals surface area contributed by atoms with Crippen LogP contribution in [0.2, 0.25) is 5.02 Å². The van der Waals surface area contributed by atoms with Crippen LogP contribution in [-0.2, 0) is 4.79 Å². The zero-order valence-corrected chi connectivity index (χ0v) is 10.1. The number of alkyl halides is 3. The SMILES string of the molecule is CC(=O)C(Br)c1cc(C(F)F)ccc1Cl. The number of carbonyl (C=O) groups excluding carboxylic acids is 1. The van der Waals surface area contributed by atoms with Gasteiger partial charge in [-0.05, 0) is 24.6 Å². The Kier molecular flexibility index (Phi) is 4.22. The summed E-state index contributed by atoms with van der Waals surface area (Å²) in [7, 11) is 0. The number of halogens is 4. The first-order valence-electron chi connectivity index (χ1n) is 4.15. The summed E-state index contributed by atoms with van der Waals surface area (Å²) in [6.07, 6.45) is -2.56. The van der Waals surface area contributed by atoms with Crippen LogP contribution in [0, 0.1) is 0 Å². The van der Waals surface area contributed by atoms with Crippen molar-refractivity contribution in [1.82, 2.24) is 0 Å². The Morgan fingerprint density at radius 2 is 2.07 bits per heavy atom. The highest BCUT2D eigenvalue weighted by atomic mass is 79.9. The Morgan fingerprint density at radius 3 is 2.53 bits per heavy atom. The molecule has 0 heterocycles. The van der Waals surface area contributed by atoms with Gasteiger partial charge in [-0.2, -0.15) is 0 Å². The van der Waals surface area contributed by atoms with Crippen LogP contribution in [0.1, 0.15) is 29.3 Å². The molecule has 0 bridgehead atoms. The quantitative estimate of drug-likeness (QED) is 0.760. The lowest BCUT2D eigenvalue weighted by atomic mass is 10.1. The Morgan fingerprint density at radius 1 is 1.47 bits per heavy atom. The third-order valence-corrected chi connectivity index (χ3v) is 3.38. The van der Waals surface area contributed by atoms with Crippen molar-refractivity contribution in [3.63, 3.8) is 0 Å². The average Bonchev–Trinajstić information content (AvgIpc) is 2.16. The lowest BCUT2D eigenvalue weighted by Gasteiger charge is -2.10. The fourth-order valence-electron chi connectivity index (χ4n) is 1.11. The molecule has 15 heavy (non-hydrogen) atoms. The monoisotopic (exact) mass is 296 g/mol. The van der Waals surface area contributed by atoms with E-state index in [1.165, 1.54) is 25.1 Å². The molecule has 0 aliphatic rings. The van der Waals surface area contributed by atoms with Gasteiger partial charge in [0.05, 0.1) is 4.83 Å². The molecule has 0 aromatic heterocycles. The molecule has 1 atom stereocenters. The summed E-state index contributed by atoms with van der Waals surface area (Å²) < 4.78 is 24.8. The van der Waals surface area contributed by atoms with E-state index >= 15 is 0 Å². The minimum absolute atomic E-state index is 0.139. The zero-order valence-electron chi connectivity index (χ0n) is 7.81. The molecule has 1 rings (SSSR count). The third kappa shape index (κ3) is 2.98. The minimum Gasteiger partial charge on any atom is -0.298 e. The minimum atomic E-state index is -2.56. The van der Waals surface area contributed by atoms with Gasteiger partial charge in [0.15, 0.2) is 0 Å². The molecule has 1 aromatic carbocycles. The number of hydrogen-bond acceptors (Lipinski definition) is 1. The fourth-order valence-corrected chi connectivity index (χ4v) is 1.85. The van der Waals surface area contributed by atoms with Crippen LogP contribution in [0.15, 0.2) is 18.2 Å². The number of Topliss-reactive ketones (excluding diaryl/α,β-unsaturated/α-hetero) is 1. The second-order valence-corrected chi connectivity index (χ2v) is 4.38. The predicted octanol–water partition coefficient (Wildman–Crippen LogP) is 4.30. The molecule has 0 fully saturated rings. The van der Waals surface area contributed by atoms with Crippen molar-refractivity contribution < 1.29 is 13.6 Å². The summed E-state index contributed by atoms with van der Waals surface area (Å²) in [6.45, 7) is 1.37. The molecule has 0 saturated heterocycles. The van der Waals surface area contributed by atoms with E-state index in [0.717, 1.165) is 0 Å². The molecular weight excluding hydrogens is 289 g/mol. The fraction of sp³-hybridized carbons (Fsp3) is 0.300. The van der Waals surface area contributed by atoms with Crippen molar-refractivity contribution in [2.75, 3.05) is 0 Å². The highest BCUT2D eigenvalue weighted by molar-refractivity contribution is 9.09. The summed E-state index contributed by atoms with van der Waals surface area (Å²) in [6, 6.07) is 3.86. The number of rotatable bonds is 3. The molecule has 0 aliphatic heterocycles. The maximum atomic E-state index is 12.4. The standard InChI is InChI=1S/C10H8BrClF2O/c1-5(15)9(11)7-4-6(10(13)14)2-3-8(7)12/h2-4,9-10H,1H3. The summed E-state index contributed by atoms with van der Waals surface area (Å²) in [4.78, 5) is 10.4. The molecule has 1 aromatic rings. The first kappa shape index (κ1) is 12.6. The van der Waals surface area contributed by atoms with E-state index in [-0.39, 0.29) is 11.3 Å². The normalized spacial score (nSPS) is 12.9. The molecule has 0 N–H and O–H groups in total. The molecule has 0 aliphatic carbocycles. The number of hydrogen-bond donors (Lipinski definition) is 0. The van der Waals surface area contributed by atoms with Gasteiger partial charge in [0, 0.05) is 10.6 Å². The molecule has 82 valence electrons. The van der Waals surface area contributed by atoms with E-state index in [0.29, 0.717) is 10.6 Å². The first-order chi connectivity index (χ1) is 6.93. The first-order valence-corrected chi connectivity index (χ1v) is 5.45. The van der Waals surface area contributed by atoms with E-state index in [2.05, 4.69) is 15.9 Å². The summed E-state index contributed by atoms with van der Waals surface area (Å²) in [5, 5.41) is 0.302. The Bertz CT molecular complexity index is 382. The Labute approximate surface area is 99.6 Å². The van der Waals surface area contributed by atoms with E-state index < -0.39 is 11.3 Å². The van der Waals surface area contributed by atoms with Gasteiger partial charge in [-0.1, -0.05) is 33.6 Å². The molecule has 0 amide bonds. The van der Waals surface area contributed by atoms with E-state index in [1.54, 1.807) is 0 Å². The number of carbonyl (C=O) groups is 1. The molecular formula is C10H8BrClF2O. The average molecular weight is 298 g/mol.